The molecule has 1 aliphatic carbocycles. The molecule has 1 atom stereocenters. The van der Waals surface area contributed by atoms with Crippen LogP contribution in [0.2, 0.25) is 5.02 Å². The number of halogens is 1. The molecule has 2 aliphatic rings. The molecule has 0 saturated heterocycles. The van der Waals surface area contributed by atoms with Crippen LogP contribution in [0.4, 0.5) is 0 Å². The van der Waals surface area contributed by atoms with Crippen molar-refractivity contribution < 1.29 is 14.3 Å². The molecule has 9 rings (SSSR count). The van der Waals surface area contributed by atoms with E-state index in [2.05, 4.69) is 83.7 Å². The molecule has 1 unspecified atom stereocenters. The van der Waals surface area contributed by atoms with Crippen LogP contribution in [0.5, 0.6) is 11.5 Å². The molecule has 0 fully saturated rings. The van der Waals surface area contributed by atoms with Gasteiger partial charge in [-0.3, -0.25) is 9.78 Å². The smallest absolute Gasteiger partial charge is 0.163 e. The van der Waals surface area contributed by atoms with E-state index < -0.39 is 0 Å². The van der Waals surface area contributed by atoms with E-state index in [-0.39, 0.29) is 23.7 Å². The first-order valence-corrected chi connectivity index (χ1v) is 16.8. The molecule has 240 valence electrons. The molecular weight excluding hydrogens is 632 g/mol. The standard InChI is InChI=1S/C41H31ClN4O3/c1-41(2)20-36(47)40-38(21-41)49-37-18-25-10-12-29(16-26(25)17-33(37)39(40)31-9-5-7-24-6-3-4-8-30(24)31)48-23-28-22-46(45-44-28)35-14-15-43-34-19-27(42)11-13-32(34)35/h3-19,22,39H,20-21,23H2,1-2H3. The number of Topliss-reactive ketones (excluding diaryl/α,β-unsaturated/α-hetero) is 1. The lowest BCUT2D eigenvalue weighted by molar-refractivity contribution is -0.118. The molecule has 1 aliphatic heterocycles. The number of aromatic nitrogens is 4. The topological polar surface area (TPSA) is 79.1 Å². The minimum Gasteiger partial charge on any atom is -0.487 e. The number of fused-ring (bicyclic) bond motifs is 4. The minimum absolute atomic E-state index is 0.156. The highest BCUT2D eigenvalue weighted by Crippen LogP contribution is 2.52. The first-order valence-electron chi connectivity index (χ1n) is 16.4. The molecule has 3 heterocycles. The number of ketones is 1. The van der Waals surface area contributed by atoms with Crippen molar-refractivity contribution in [2.75, 3.05) is 0 Å². The quantitative estimate of drug-likeness (QED) is 0.183. The third-order valence-electron chi connectivity index (χ3n) is 9.64. The number of hydrogen-bond donors (Lipinski definition) is 0. The van der Waals surface area contributed by atoms with Gasteiger partial charge in [0.2, 0.25) is 0 Å². The normalized spacial score (nSPS) is 16.9. The average molecular weight is 663 g/mol. The highest BCUT2D eigenvalue weighted by atomic mass is 35.5. The van der Waals surface area contributed by atoms with Crippen LogP contribution in [0.15, 0.2) is 121 Å². The predicted octanol–water partition coefficient (Wildman–Crippen LogP) is 9.52. The predicted molar refractivity (Wildman–Crippen MR) is 191 cm³/mol. The Bertz CT molecular complexity index is 2510. The average Bonchev–Trinajstić information content (AvgIpc) is 3.57. The number of carbonyl (C=O) groups excluding carboxylic acids is 1. The maximum atomic E-state index is 13.9. The van der Waals surface area contributed by atoms with E-state index in [1.165, 1.54) is 0 Å². The lowest BCUT2D eigenvalue weighted by atomic mass is 9.69. The van der Waals surface area contributed by atoms with Crippen molar-refractivity contribution in [3.8, 4) is 17.2 Å². The van der Waals surface area contributed by atoms with Gasteiger partial charge in [-0.25, -0.2) is 4.68 Å². The highest BCUT2D eigenvalue weighted by Gasteiger charge is 2.42. The molecular formula is C41H31ClN4O3. The fourth-order valence-electron chi connectivity index (χ4n) is 7.43. The number of nitrogens with zero attached hydrogens (tertiary/aromatic N) is 4. The van der Waals surface area contributed by atoms with Crippen molar-refractivity contribution in [1.82, 2.24) is 20.0 Å². The molecule has 5 aromatic carbocycles. The fourth-order valence-corrected chi connectivity index (χ4v) is 7.59. The van der Waals surface area contributed by atoms with Gasteiger partial charge in [-0.05, 0) is 81.1 Å². The van der Waals surface area contributed by atoms with Crippen molar-refractivity contribution in [3.05, 3.63) is 143 Å². The van der Waals surface area contributed by atoms with Crippen LogP contribution in [-0.4, -0.2) is 25.8 Å². The Morgan fingerprint density at radius 1 is 0.878 bits per heavy atom. The summed E-state index contributed by atoms with van der Waals surface area (Å²) in [4.78, 5) is 18.3. The van der Waals surface area contributed by atoms with Gasteiger partial charge >= 0.3 is 0 Å². The summed E-state index contributed by atoms with van der Waals surface area (Å²) in [5, 5.41) is 14.6. The van der Waals surface area contributed by atoms with E-state index in [0.29, 0.717) is 22.9 Å². The Kier molecular flexibility index (Phi) is 6.81. The Balaban J connectivity index is 1.07. The van der Waals surface area contributed by atoms with E-state index in [1.807, 2.05) is 48.7 Å². The number of hydrogen-bond acceptors (Lipinski definition) is 6. The zero-order valence-corrected chi connectivity index (χ0v) is 27.7. The molecule has 0 N–H and O–H groups in total. The van der Waals surface area contributed by atoms with E-state index >= 15 is 0 Å². The third-order valence-corrected chi connectivity index (χ3v) is 9.88. The Morgan fingerprint density at radius 2 is 1.76 bits per heavy atom. The fraction of sp³-hybridized carbons (Fsp3) is 0.171. The summed E-state index contributed by atoms with van der Waals surface area (Å²) in [7, 11) is 0. The molecule has 0 spiro atoms. The molecule has 7 nitrogen and oxygen atoms in total. The van der Waals surface area contributed by atoms with Gasteiger partial charge in [0.25, 0.3) is 0 Å². The van der Waals surface area contributed by atoms with E-state index in [1.54, 1.807) is 10.9 Å². The van der Waals surface area contributed by atoms with Crippen molar-refractivity contribution in [2.45, 2.75) is 39.2 Å². The molecule has 49 heavy (non-hydrogen) atoms. The van der Waals surface area contributed by atoms with Crippen LogP contribution >= 0.6 is 11.6 Å². The number of rotatable bonds is 5. The van der Waals surface area contributed by atoms with Crippen molar-refractivity contribution in [2.24, 2.45) is 5.41 Å². The first kappa shape index (κ1) is 29.6. The number of ether oxygens (including phenoxy) is 2. The maximum Gasteiger partial charge on any atom is 0.163 e. The minimum atomic E-state index is -0.238. The van der Waals surface area contributed by atoms with Gasteiger partial charge in [-0.1, -0.05) is 79.2 Å². The van der Waals surface area contributed by atoms with Gasteiger partial charge in [0.1, 0.15) is 29.6 Å². The molecule has 0 radical (unpaired) electrons. The van der Waals surface area contributed by atoms with Crippen molar-refractivity contribution >= 4 is 49.8 Å². The number of allylic oxidation sites excluding steroid dienone is 2. The summed E-state index contributed by atoms with van der Waals surface area (Å²) in [5.74, 6) is 2.22. The summed E-state index contributed by atoms with van der Waals surface area (Å²) < 4.78 is 14.6. The van der Waals surface area contributed by atoms with Gasteiger partial charge in [0, 0.05) is 46.5 Å². The van der Waals surface area contributed by atoms with Gasteiger partial charge in [0.15, 0.2) is 5.78 Å². The van der Waals surface area contributed by atoms with Crippen LogP contribution in [-0.2, 0) is 11.4 Å². The van der Waals surface area contributed by atoms with Gasteiger partial charge < -0.3 is 9.47 Å². The largest absolute Gasteiger partial charge is 0.487 e. The first-order chi connectivity index (χ1) is 23.8. The van der Waals surface area contributed by atoms with Crippen LogP contribution < -0.4 is 9.47 Å². The molecule has 0 amide bonds. The lowest BCUT2D eigenvalue weighted by Crippen LogP contribution is -2.33. The summed E-state index contributed by atoms with van der Waals surface area (Å²) in [5.41, 5.74) is 5.05. The Labute approximate surface area is 287 Å². The molecule has 7 aromatic rings. The zero-order valence-electron chi connectivity index (χ0n) is 27.0. The van der Waals surface area contributed by atoms with E-state index in [0.717, 1.165) is 72.8 Å². The summed E-state index contributed by atoms with van der Waals surface area (Å²) in [6.07, 6.45) is 4.81. The maximum absolute atomic E-state index is 13.9. The van der Waals surface area contributed by atoms with Crippen molar-refractivity contribution in [3.63, 3.8) is 0 Å². The molecule has 2 aromatic heterocycles. The zero-order chi connectivity index (χ0) is 33.3. The monoisotopic (exact) mass is 662 g/mol. The van der Waals surface area contributed by atoms with Crippen LogP contribution in [0.1, 0.15) is 49.4 Å². The van der Waals surface area contributed by atoms with Gasteiger partial charge in [-0.15, -0.1) is 5.10 Å². The number of carbonyl (C=O) groups is 1. The van der Waals surface area contributed by atoms with E-state index in [4.69, 9.17) is 21.1 Å². The van der Waals surface area contributed by atoms with Gasteiger partial charge in [0.05, 0.1) is 17.4 Å². The van der Waals surface area contributed by atoms with Crippen LogP contribution in [0, 0.1) is 5.41 Å². The third kappa shape index (κ3) is 5.22. The van der Waals surface area contributed by atoms with Crippen LogP contribution in [0.3, 0.4) is 0 Å². The number of pyridine rings is 1. The summed E-state index contributed by atoms with van der Waals surface area (Å²) >= 11 is 6.18. The Hall–Kier alpha value is -5.53. The molecule has 0 saturated carbocycles. The summed E-state index contributed by atoms with van der Waals surface area (Å²) in [6, 6.07) is 32.6. The second-order valence-electron chi connectivity index (χ2n) is 13.7. The summed E-state index contributed by atoms with van der Waals surface area (Å²) in [6.45, 7) is 4.52. The van der Waals surface area contributed by atoms with Crippen LogP contribution in [0.25, 0.3) is 38.1 Å². The van der Waals surface area contributed by atoms with Crippen molar-refractivity contribution in [1.29, 1.82) is 0 Å². The second kappa shape index (κ2) is 11.3. The molecule has 8 heteroatoms. The Morgan fingerprint density at radius 3 is 2.67 bits per heavy atom. The van der Waals surface area contributed by atoms with E-state index in [9.17, 15) is 4.79 Å². The van der Waals surface area contributed by atoms with Gasteiger partial charge in [-0.2, -0.15) is 0 Å². The SMILES string of the molecule is CC1(C)CC(=O)C2=C(C1)Oc1cc3ccc(OCc4cn(-c5ccnc6cc(Cl)ccc56)nn4)cc3cc1C2c1cccc2ccccc12. The highest BCUT2D eigenvalue weighted by molar-refractivity contribution is 6.31. The second-order valence-corrected chi connectivity index (χ2v) is 14.2. The molecule has 0 bridgehead atoms. The number of benzene rings is 5. The lowest BCUT2D eigenvalue weighted by Gasteiger charge is -2.38.